The van der Waals surface area contributed by atoms with E-state index in [9.17, 15) is 0 Å². The molecule has 0 saturated heterocycles. The molecule has 2 unspecified atom stereocenters. The molecule has 0 fully saturated rings. The molecular formula is C40H32N2. The molecule has 3 aliphatic rings. The smallest absolute Gasteiger partial charge is 0.145 e. The minimum atomic E-state index is 0.279. The normalized spacial score (nSPS) is 19.6. The number of nitrogens with zero attached hydrogens (tertiary/aromatic N) is 2. The summed E-state index contributed by atoms with van der Waals surface area (Å²) < 4.78 is 2.30. The first-order valence-electron chi connectivity index (χ1n) is 15.0. The van der Waals surface area contributed by atoms with Crippen LogP contribution in [0.2, 0.25) is 0 Å². The van der Waals surface area contributed by atoms with E-state index in [0.717, 1.165) is 41.0 Å². The lowest BCUT2D eigenvalue weighted by Gasteiger charge is -2.40. The Balaban J connectivity index is 1.27. The van der Waals surface area contributed by atoms with Crippen molar-refractivity contribution in [2.45, 2.75) is 25.7 Å². The number of hydrogen-bond acceptors (Lipinski definition) is 1. The summed E-state index contributed by atoms with van der Waals surface area (Å²) in [5.41, 5.74) is 14.1. The van der Waals surface area contributed by atoms with E-state index in [2.05, 4.69) is 151 Å². The number of hydrogen-bond donors (Lipinski definition) is 0. The number of rotatable bonds is 4. The van der Waals surface area contributed by atoms with Crippen LogP contribution >= 0.6 is 0 Å². The zero-order valence-electron chi connectivity index (χ0n) is 23.7. The molecule has 0 N–H and O–H groups in total. The van der Waals surface area contributed by atoms with Crippen LogP contribution in [0, 0.1) is 5.92 Å². The first-order valence-corrected chi connectivity index (χ1v) is 15.0. The third kappa shape index (κ3) is 4.06. The van der Waals surface area contributed by atoms with Crippen molar-refractivity contribution < 1.29 is 0 Å². The Hall–Kier alpha value is -4.95. The van der Waals surface area contributed by atoms with Crippen LogP contribution in [0.25, 0.3) is 33.7 Å². The van der Waals surface area contributed by atoms with Crippen LogP contribution in [0.3, 0.4) is 0 Å². The van der Waals surface area contributed by atoms with Gasteiger partial charge < -0.3 is 0 Å². The predicted octanol–water partition coefficient (Wildman–Crippen LogP) is 10.0. The second-order valence-electron chi connectivity index (χ2n) is 11.5. The number of allylic oxidation sites excluding steroid dienone is 10. The van der Waals surface area contributed by atoms with Gasteiger partial charge in [0.1, 0.15) is 5.82 Å². The molecule has 42 heavy (non-hydrogen) atoms. The van der Waals surface area contributed by atoms with Gasteiger partial charge in [0.25, 0.3) is 0 Å². The molecule has 1 aromatic heterocycles. The summed E-state index contributed by atoms with van der Waals surface area (Å²) >= 11 is 0. The van der Waals surface area contributed by atoms with E-state index in [1.165, 1.54) is 39.0 Å². The summed E-state index contributed by atoms with van der Waals surface area (Å²) in [7, 11) is 0. The molecule has 2 heteroatoms. The molecule has 0 aliphatic heterocycles. The molecule has 2 atom stereocenters. The fourth-order valence-electron chi connectivity index (χ4n) is 7.08. The summed E-state index contributed by atoms with van der Waals surface area (Å²) in [5.74, 6) is 1.55. The summed E-state index contributed by atoms with van der Waals surface area (Å²) in [6.07, 6.45) is 14.3. The number of benzene rings is 4. The summed E-state index contributed by atoms with van der Waals surface area (Å²) in [5, 5.41) is 0. The lowest BCUT2D eigenvalue weighted by atomic mass is 9.63. The molecular weight excluding hydrogens is 508 g/mol. The van der Waals surface area contributed by atoms with Crippen LogP contribution in [-0.2, 0) is 0 Å². The highest BCUT2D eigenvalue weighted by atomic mass is 15.1. The van der Waals surface area contributed by atoms with Gasteiger partial charge >= 0.3 is 0 Å². The molecule has 0 bridgehead atoms. The van der Waals surface area contributed by atoms with Crippen LogP contribution in [0.4, 0.5) is 0 Å². The predicted molar refractivity (Wildman–Crippen MR) is 174 cm³/mol. The quantitative estimate of drug-likeness (QED) is 0.222. The maximum absolute atomic E-state index is 5.05. The van der Waals surface area contributed by atoms with Gasteiger partial charge in [0.2, 0.25) is 0 Å². The second kappa shape index (κ2) is 10.2. The Morgan fingerprint density at radius 3 is 2.17 bits per heavy atom. The van der Waals surface area contributed by atoms with Gasteiger partial charge in [-0.25, -0.2) is 4.98 Å². The zero-order valence-corrected chi connectivity index (χ0v) is 23.7. The first kappa shape index (κ1) is 24.8. The Kier molecular flexibility index (Phi) is 6.00. The lowest BCUT2D eigenvalue weighted by Crippen LogP contribution is -2.25. The monoisotopic (exact) mass is 540 g/mol. The highest BCUT2D eigenvalue weighted by Gasteiger charge is 2.38. The maximum atomic E-state index is 5.05. The SMILES string of the molecule is CC1=CC2C(=C(c3ccccc3)C3=CCCC=C3C2c2ccc(-n3c(-c4ccccc4)nc4ccccc43)cc2)C=C1. The van der Waals surface area contributed by atoms with Crippen LogP contribution in [0.1, 0.15) is 36.8 Å². The van der Waals surface area contributed by atoms with Crippen LogP contribution < -0.4 is 0 Å². The Labute approximate surface area is 247 Å². The first-order chi connectivity index (χ1) is 20.8. The van der Waals surface area contributed by atoms with Gasteiger partial charge in [-0.05, 0) is 77.5 Å². The lowest BCUT2D eigenvalue weighted by molar-refractivity contribution is 0.632. The number of imidazole rings is 1. The van der Waals surface area contributed by atoms with Crippen molar-refractivity contribution in [3.8, 4) is 17.1 Å². The molecule has 0 spiro atoms. The third-order valence-corrected chi connectivity index (χ3v) is 8.94. The highest BCUT2D eigenvalue weighted by Crippen LogP contribution is 2.54. The average Bonchev–Trinajstić information content (AvgIpc) is 3.44. The van der Waals surface area contributed by atoms with Crippen LogP contribution in [0.15, 0.2) is 162 Å². The van der Waals surface area contributed by atoms with Gasteiger partial charge in [0.15, 0.2) is 0 Å². The van der Waals surface area contributed by atoms with Crippen molar-refractivity contribution in [3.05, 3.63) is 173 Å². The van der Waals surface area contributed by atoms with E-state index in [1.54, 1.807) is 0 Å². The minimum Gasteiger partial charge on any atom is -0.292 e. The van der Waals surface area contributed by atoms with Crippen molar-refractivity contribution in [1.29, 1.82) is 0 Å². The van der Waals surface area contributed by atoms with E-state index < -0.39 is 0 Å². The van der Waals surface area contributed by atoms with E-state index in [4.69, 9.17) is 4.98 Å². The minimum absolute atomic E-state index is 0.279. The Morgan fingerprint density at radius 2 is 1.38 bits per heavy atom. The number of fused-ring (bicyclic) bond motifs is 3. The molecule has 0 radical (unpaired) electrons. The van der Waals surface area contributed by atoms with Crippen LogP contribution in [-0.4, -0.2) is 9.55 Å². The Bertz CT molecular complexity index is 1960. The molecule has 3 aliphatic carbocycles. The molecule has 202 valence electrons. The van der Waals surface area contributed by atoms with Crippen molar-refractivity contribution in [3.63, 3.8) is 0 Å². The van der Waals surface area contributed by atoms with Gasteiger partial charge in [-0.15, -0.1) is 0 Å². The third-order valence-electron chi connectivity index (χ3n) is 8.94. The number of aromatic nitrogens is 2. The van der Waals surface area contributed by atoms with Gasteiger partial charge in [0.05, 0.1) is 11.0 Å². The second-order valence-corrected chi connectivity index (χ2v) is 11.5. The molecule has 0 saturated carbocycles. The Morgan fingerprint density at radius 1 is 0.690 bits per heavy atom. The molecule has 5 aromatic rings. The van der Waals surface area contributed by atoms with Crippen molar-refractivity contribution >= 4 is 16.6 Å². The fourth-order valence-corrected chi connectivity index (χ4v) is 7.08. The van der Waals surface area contributed by atoms with E-state index in [-0.39, 0.29) is 5.92 Å². The van der Waals surface area contributed by atoms with Crippen molar-refractivity contribution in [1.82, 2.24) is 9.55 Å². The van der Waals surface area contributed by atoms with Crippen molar-refractivity contribution in [2.75, 3.05) is 0 Å². The maximum Gasteiger partial charge on any atom is 0.145 e. The zero-order chi connectivity index (χ0) is 28.0. The summed E-state index contributed by atoms with van der Waals surface area (Å²) in [4.78, 5) is 5.05. The topological polar surface area (TPSA) is 17.8 Å². The molecule has 8 rings (SSSR count). The molecule has 1 heterocycles. The van der Waals surface area contributed by atoms with Crippen molar-refractivity contribution in [2.24, 2.45) is 5.92 Å². The van der Waals surface area contributed by atoms with E-state index in [1.807, 2.05) is 0 Å². The van der Waals surface area contributed by atoms with Gasteiger partial charge in [-0.2, -0.15) is 0 Å². The van der Waals surface area contributed by atoms with E-state index >= 15 is 0 Å². The summed E-state index contributed by atoms with van der Waals surface area (Å²) in [6, 6.07) is 39.1. The van der Waals surface area contributed by atoms with Gasteiger partial charge in [-0.1, -0.05) is 121 Å². The molecule has 2 nitrogen and oxygen atoms in total. The average molecular weight is 541 g/mol. The summed E-state index contributed by atoms with van der Waals surface area (Å²) in [6.45, 7) is 2.23. The van der Waals surface area contributed by atoms with Gasteiger partial charge in [-0.3, -0.25) is 4.57 Å². The fraction of sp³-hybridized carbons (Fsp3) is 0.125. The molecule has 4 aromatic carbocycles. The van der Waals surface area contributed by atoms with Crippen LogP contribution in [0.5, 0.6) is 0 Å². The highest BCUT2D eigenvalue weighted by molar-refractivity contribution is 5.91. The molecule has 0 amide bonds. The largest absolute Gasteiger partial charge is 0.292 e. The van der Waals surface area contributed by atoms with E-state index in [0.29, 0.717) is 5.92 Å². The standard InChI is InChI=1S/C40H32N2/c1-27-20-25-34-35(26-27)39(33-17-9-8-16-32(33)38(34)28-12-4-2-5-13-28)29-21-23-31(24-22-29)42-37-19-11-10-18-36(37)41-40(42)30-14-6-3-7-15-30/h2-7,10-26,35,39H,8-9H2,1H3. The van der Waals surface area contributed by atoms with Gasteiger partial charge in [0, 0.05) is 23.1 Å². The number of para-hydroxylation sites is 2.